The van der Waals surface area contributed by atoms with E-state index >= 15 is 0 Å². The standard InChI is InChI=1S/C24H33N5O8S/c1-12(30)20(29-21(33)15(25)7-8-38-2)23(35)27-17(10-19(31)32)22(34)28-18(24(36)37)9-13-11-26-16-6-4-3-5-14(13)16/h3-6,11-12,15,17-18,20,26,30H,7-10,25H2,1-2H3,(H,27,35)(H,28,34)(H,29,33)(H,31,32)(H,36,37). The Bertz CT molecular complexity index is 1150. The van der Waals surface area contributed by atoms with Crippen LogP contribution in [0, 0.1) is 0 Å². The monoisotopic (exact) mass is 551 g/mol. The smallest absolute Gasteiger partial charge is 0.326 e. The Morgan fingerprint density at radius 3 is 2.26 bits per heavy atom. The first-order valence-electron chi connectivity index (χ1n) is 11.8. The lowest BCUT2D eigenvalue weighted by Crippen LogP contribution is -2.60. The quantitative estimate of drug-likeness (QED) is 0.137. The van der Waals surface area contributed by atoms with Crippen molar-refractivity contribution in [3.8, 4) is 0 Å². The first-order chi connectivity index (χ1) is 17.9. The average molecular weight is 552 g/mol. The molecule has 1 aromatic heterocycles. The SMILES string of the molecule is CSCCC(N)C(=O)NC(C(=O)NC(CC(=O)O)C(=O)NC(Cc1c[nH]c2ccccc12)C(=O)O)C(C)O. The van der Waals surface area contributed by atoms with Crippen LogP contribution in [0.2, 0.25) is 0 Å². The summed E-state index contributed by atoms with van der Waals surface area (Å²) in [4.78, 5) is 64.4. The molecule has 13 nitrogen and oxygen atoms in total. The molecule has 0 radical (unpaired) electrons. The van der Waals surface area contributed by atoms with Crippen LogP contribution >= 0.6 is 11.8 Å². The highest BCUT2D eigenvalue weighted by Crippen LogP contribution is 2.19. The molecule has 0 aliphatic carbocycles. The number of aliphatic hydroxyl groups is 1. The second-order valence-electron chi connectivity index (χ2n) is 8.74. The van der Waals surface area contributed by atoms with Crippen LogP contribution in [0.4, 0.5) is 0 Å². The van der Waals surface area contributed by atoms with Gasteiger partial charge in [0.15, 0.2) is 0 Å². The van der Waals surface area contributed by atoms with Crippen LogP contribution in [0.15, 0.2) is 30.5 Å². The average Bonchev–Trinajstić information content (AvgIpc) is 3.26. The number of hydrogen-bond acceptors (Lipinski definition) is 8. The molecule has 0 saturated carbocycles. The minimum Gasteiger partial charge on any atom is -0.481 e. The number of para-hydroxylation sites is 1. The van der Waals surface area contributed by atoms with Crippen molar-refractivity contribution < 1.29 is 39.3 Å². The topological polar surface area (TPSA) is 224 Å². The number of aliphatic carboxylic acids is 2. The normalized spacial score (nSPS) is 15.1. The van der Waals surface area contributed by atoms with Crippen LogP contribution in [-0.2, 0) is 30.4 Å². The van der Waals surface area contributed by atoms with Gasteiger partial charge in [-0.25, -0.2) is 4.79 Å². The van der Waals surface area contributed by atoms with Crippen LogP contribution < -0.4 is 21.7 Å². The number of thioether (sulfide) groups is 1. The molecule has 2 aromatic rings. The van der Waals surface area contributed by atoms with E-state index < -0.39 is 66.4 Å². The van der Waals surface area contributed by atoms with Gasteiger partial charge in [0, 0.05) is 23.5 Å². The minimum absolute atomic E-state index is 0.112. The largest absolute Gasteiger partial charge is 0.481 e. The van der Waals surface area contributed by atoms with E-state index in [0.717, 1.165) is 10.9 Å². The zero-order chi connectivity index (χ0) is 28.4. The number of carbonyl (C=O) groups is 5. The summed E-state index contributed by atoms with van der Waals surface area (Å²) in [5.74, 6) is -5.01. The zero-order valence-electron chi connectivity index (χ0n) is 21.0. The Kier molecular flexibility index (Phi) is 11.6. The van der Waals surface area contributed by atoms with E-state index in [2.05, 4.69) is 20.9 Å². The summed E-state index contributed by atoms with van der Waals surface area (Å²) >= 11 is 1.47. The van der Waals surface area contributed by atoms with E-state index in [1.54, 1.807) is 30.5 Å². The summed E-state index contributed by atoms with van der Waals surface area (Å²) in [7, 11) is 0. The van der Waals surface area contributed by atoms with Crippen LogP contribution in [-0.4, -0.2) is 92.2 Å². The maximum Gasteiger partial charge on any atom is 0.326 e. The van der Waals surface area contributed by atoms with Gasteiger partial charge in [-0.1, -0.05) is 18.2 Å². The highest BCUT2D eigenvalue weighted by molar-refractivity contribution is 7.98. The van der Waals surface area contributed by atoms with Crippen molar-refractivity contribution >= 4 is 52.3 Å². The van der Waals surface area contributed by atoms with Crippen molar-refractivity contribution in [2.24, 2.45) is 5.73 Å². The summed E-state index contributed by atoms with van der Waals surface area (Å²) in [5.41, 5.74) is 7.19. The summed E-state index contributed by atoms with van der Waals surface area (Å²) in [6, 6.07) is 1.57. The van der Waals surface area contributed by atoms with Crippen molar-refractivity contribution in [2.45, 2.75) is 56.5 Å². The first-order valence-corrected chi connectivity index (χ1v) is 13.2. The molecule has 38 heavy (non-hydrogen) atoms. The Morgan fingerprint density at radius 2 is 1.66 bits per heavy atom. The number of nitrogens with two attached hydrogens (primary N) is 1. The predicted octanol–water partition coefficient (Wildman–Crippen LogP) is -0.815. The van der Waals surface area contributed by atoms with Gasteiger partial charge in [-0.3, -0.25) is 19.2 Å². The van der Waals surface area contributed by atoms with Gasteiger partial charge in [-0.2, -0.15) is 11.8 Å². The number of amides is 3. The van der Waals surface area contributed by atoms with E-state index in [4.69, 9.17) is 5.73 Å². The molecule has 0 fully saturated rings. The van der Waals surface area contributed by atoms with E-state index in [0.29, 0.717) is 17.7 Å². The summed E-state index contributed by atoms with van der Waals surface area (Å²) in [6.45, 7) is 1.23. The van der Waals surface area contributed by atoms with Gasteiger partial charge in [0.25, 0.3) is 0 Å². The van der Waals surface area contributed by atoms with E-state index in [1.165, 1.54) is 18.7 Å². The third kappa shape index (κ3) is 8.75. The van der Waals surface area contributed by atoms with Crippen molar-refractivity contribution in [1.29, 1.82) is 0 Å². The fraction of sp³-hybridized carbons (Fsp3) is 0.458. The number of fused-ring (bicyclic) bond motifs is 1. The number of hydrogen-bond donors (Lipinski definition) is 8. The molecule has 0 aliphatic heterocycles. The second kappa shape index (κ2) is 14.4. The molecule has 1 heterocycles. The molecule has 5 atom stereocenters. The van der Waals surface area contributed by atoms with Crippen molar-refractivity contribution in [1.82, 2.24) is 20.9 Å². The first kappa shape index (κ1) is 30.6. The summed E-state index contributed by atoms with van der Waals surface area (Å²) in [5, 5.41) is 36.6. The third-order valence-corrected chi connectivity index (χ3v) is 6.40. The fourth-order valence-electron chi connectivity index (χ4n) is 3.68. The van der Waals surface area contributed by atoms with Crippen molar-refractivity contribution in [3.05, 3.63) is 36.0 Å². The number of benzene rings is 1. The highest BCUT2D eigenvalue weighted by atomic mass is 32.2. The second-order valence-corrected chi connectivity index (χ2v) is 9.72. The molecule has 9 N–H and O–H groups in total. The van der Waals surface area contributed by atoms with Crippen molar-refractivity contribution in [3.63, 3.8) is 0 Å². The predicted molar refractivity (Wildman–Crippen MR) is 140 cm³/mol. The molecule has 0 spiro atoms. The van der Waals surface area contributed by atoms with Gasteiger partial charge in [-0.15, -0.1) is 0 Å². The maximum absolute atomic E-state index is 12.9. The zero-order valence-corrected chi connectivity index (χ0v) is 21.8. The van der Waals surface area contributed by atoms with E-state index in [-0.39, 0.29) is 6.42 Å². The van der Waals surface area contributed by atoms with E-state index in [1.807, 2.05) is 6.26 Å². The molecule has 208 valence electrons. The maximum atomic E-state index is 12.9. The molecule has 2 rings (SSSR count). The molecule has 1 aromatic carbocycles. The number of H-pyrrole nitrogens is 1. The number of rotatable bonds is 15. The minimum atomic E-state index is -1.69. The van der Waals surface area contributed by atoms with Crippen molar-refractivity contribution in [2.75, 3.05) is 12.0 Å². The molecular weight excluding hydrogens is 518 g/mol. The lowest BCUT2D eigenvalue weighted by molar-refractivity contribution is -0.143. The van der Waals surface area contributed by atoms with Crippen LogP contribution in [0.1, 0.15) is 25.3 Å². The Morgan fingerprint density at radius 1 is 1.00 bits per heavy atom. The number of nitrogens with one attached hydrogen (secondary N) is 4. The lowest BCUT2D eigenvalue weighted by atomic mass is 10.0. The Hall–Kier alpha value is -3.62. The molecular formula is C24H33N5O8S. The van der Waals surface area contributed by atoms with Crippen LogP contribution in [0.5, 0.6) is 0 Å². The number of aliphatic hydroxyl groups excluding tert-OH is 1. The summed E-state index contributed by atoms with van der Waals surface area (Å²) < 4.78 is 0. The fourth-order valence-corrected chi connectivity index (χ4v) is 4.17. The number of carbonyl (C=O) groups excluding carboxylic acids is 3. The molecule has 14 heteroatoms. The lowest BCUT2D eigenvalue weighted by Gasteiger charge is -2.26. The molecule has 0 aliphatic rings. The number of carboxylic acid groups (broad SMARTS) is 2. The van der Waals surface area contributed by atoms with Gasteiger partial charge in [0.2, 0.25) is 17.7 Å². The van der Waals surface area contributed by atoms with Crippen LogP contribution in [0.25, 0.3) is 10.9 Å². The third-order valence-electron chi connectivity index (χ3n) is 5.76. The van der Waals surface area contributed by atoms with Gasteiger partial charge < -0.3 is 42.0 Å². The molecule has 0 bridgehead atoms. The van der Waals surface area contributed by atoms with Gasteiger partial charge in [0.05, 0.1) is 18.6 Å². The van der Waals surface area contributed by atoms with Crippen LogP contribution in [0.3, 0.4) is 0 Å². The number of aromatic amines is 1. The molecule has 5 unspecified atom stereocenters. The van der Waals surface area contributed by atoms with E-state index in [9.17, 15) is 39.3 Å². The van der Waals surface area contributed by atoms with Gasteiger partial charge in [0.1, 0.15) is 18.1 Å². The Balaban J connectivity index is 2.15. The molecule has 3 amide bonds. The number of aromatic nitrogens is 1. The Labute approximate surface area is 222 Å². The van der Waals surface area contributed by atoms with Gasteiger partial charge in [-0.05, 0) is 37.0 Å². The highest BCUT2D eigenvalue weighted by Gasteiger charge is 2.33. The van der Waals surface area contributed by atoms with Gasteiger partial charge >= 0.3 is 11.9 Å². The number of carboxylic acids is 2. The molecule has 0 saturated heterocycles. The summed E-state index contributed by atoms with van der Waals surface area (Å²) in [6.07, 6.45) is 1.37.